The largest absolute Gasteiger partial charge is 0.494 e. The minimum absolute atomic E-state index is 0.696. The van der Waals surface area contributed by atoms with Gasteiger partial charge >= 0.3 is 0 Å². The maximum absolute atomic E-state index is 5.67. The van der Waals surface area contributed by atoms with Gasteiger partial charge < -0.3 is 4.74 Å². The average molecular weight is 342 g/mol. The van der Waals surface area contributed by atoms with Crippen LogP contribution in [0.1, 0.15) is 18.2 Å². The Balaban J connectivity index is 1.59. The number of thioether (sulfide) groups is 1. The third-order valence-corrected chi connectivity index (χ3v) is 5.14. The molecule has 23 heavy (non-hydrogen) atoms. The monoisotopic (exact) mass is 342 g/mol. The molecule has 5 heteroatoms. The van der Waals surface area contributed by atoms with Crippen LogP contribution in [-0.4, -0.2) is 16.6 Å². The molecule has 0 fully saturated rings. The summed E-state index contributed by atoms with van der Waals surface area (Å²) in [6.45, 7) is 2.71. The molecule has 0 saturated heterocycles. The Kier molecular flexibility index (Phi) is 5.66. The van der Waals surface area contributed by atoms with Gasteiger partial charge in [-0.1, -0.05) is 24.3 Å². The molecule has 0 unspecified atom stereocenters. The summed E-state index contributed by atoms with van der Waals surface area (Å²) in [4.78, 5) is 9.02. The first-order valence-corrected chi connectivity index (χ1v) is 9.54. The maximum Gasteiger partial charge on any atom is 0.142 e. The number of pyridine rings is 1. The summed E-state index contributed by atoms with van der Waals surface area (Å²) < 4.78 is 5.67. The summed E-state index contributed by atoms with van der Waals surface area (Å²) in [5.74, 6) is 2.80. The molecule has 2 heterocycles. The Hall–Kier alpha value is -1.85. The molecule has 0 spiro atoms. The Morgan fingerprint density at radius 3 is 2.78 bits per heavy atom. The smallest absolute Gasteiger partial charge is 0.142 e. The Morgan fingerprint density at radius 2 is 1.96 bits per heavy atom. The van der Waals surface area contributed by atoms with Crippen LogP contribution in [0.5, 0.6) is 5.75 Å². The molecule has 3 nitrogen and oxygen atoms in total. The van der Waals surface area contributed by atoms with Gasteiger partial charge in [0.25, 0.3) is 0 Å². The van der Waals surface area contributed by atoms with E-state index >= 15 is 0 Å². The standard InChI is InChI=1S/C18H18N2OS2/c1-2-21-17-9-4-3-7-14(17)11-22-12-15-13-23-18(20-15)16-8-5-6-10-19-16/h3-10,13H,2,11-12H2,1H3. The summed E-state index contributed by atoms with van der Waals surface area (Å²) in [6.07, 6.45) is 1.80. The summed E-state index contributed by atoms with van der Waals surface area (Å²) in [6, 6.07) is 14.1. The topological polar surface area (TPSA) is 35.0 Å². The first-order valence-electron chi connectivity index (χ1n) is 7.51. The summed E-state index contributed by atoms with van der Waals surface area (Å²) in [5.41, 5.74) is 3.28. The molecular formula is C18H18N2OS2. The fraction of sp³-hybridized carbons (Fsp3) is 0.222. The summed E-state index contributed by atoms with van der Waals surface area (Å²) in [7, 11) is 0. The fourth-order valence-electron chi connectivity index (χ4n) is 2.17. The minimum Gasteiger partial charge on any atom is -0.494 e. The first kappa shape index (κ1) is 16.0. The van der Waals surface area contributed by atoms with E-state index in [0.717, 1.165) is 33.7 Å². The number of ether oxygens (including phenoxy) is 1. The van der Waals surface area contributed by atoms with E-state index < -0.39 is 0 Å². The summed E-state index contributed by atoms with van der Waals surface area (Å²) in [5, 5.41) is 3.10. The van der Waals surface area contributed by atoms with Crippen molar-refractivity contribution in [2.24, 2.45) is 0 Å². The second-order valence-electron chi connectivity index (χ2n) is 4.89. The van der Waals surface area contributed by atoms with Gasteiger partial charge in [-0.15, -0.1) is 11.3 Å². The lowest BCUT2D eigenvalue weighted by atomic mass is 10.2. The van der Waals surface area contributed by atoms with E-state index in [4.69, 9.17) is 4.74 Å². The van der Waals surface area contributed by atoms with Crippen LogP contribution >= 0.6 is 23.1 Å². The van der Waals surface area contributed by atoms with Gasteiger partial charge in [-0.25, -0.2) is 4.98 Å². The van der Waals surface area contributed by atoms with Gasteiger partial charge in [0, 0.05) is 28.6 Å². The molecule has 0 bridgehead atoms. The van der Waals surface area contributed by atoms with E-state index in [9.17, 15) is 0 Å². The van der Waals surface area contributed by atoms with Crippen LogP contribution in [0.25, 0.3) is 10.7 Å². The highest BCUT2D eigenvalue weighted by atomic mass is 32.2. The zero-order chi connectivity index (χ0) is 15.9. The number of hydrogen-bond acceptors (Lipinski definition) is 5. The van der Waals surface area contributed by atoms with E-state index in [-0.39, 0.29) is 0 Å². The van der Waals surface area contributed by atoms with Gasteiger partial charge in [-0.05, 0) is 25.1 Å². The maximum atomic E-state index is 5.67. The van der Waals surface area contributed by atoms with Crippen LogP contribution in [-0.2, 0) is 11.5 Å². The second kappa shape index (κ2) is 8.13. The molecule has 0 aliphatic carbocycles. The average Bonchev–Trinajstić information content (AvgIpc) is 3.06. The lowest BCUT2D eigenvalue weighted by Crippen LogP contribution is -1.95. The van der Waals surface area contributed by atoms with Gasteiger partial charge in [0.15, 0.2) is 0 Å². The number of benzene rings is 1. The molecule has 2 aromatic heterocycles. The molecule has 118 valence electrons. The number of thiazole rings is 1. The highest BCUT2D eigenvalue weighted by Crippen LogP contribution is 2.27. The van der Waals surface area contributed by atoms with Gasteiger partial charge in [0.2, 0.25) is 0 Å². The number of para-hydroxylation sites is 1. The highest BCUT2D eigenvalue weighted by molar-refractivity contribution is 7.97. The third kappa shape index (κ3) is 4.33. The Labute approximate surface area is 144 Å². The molecule has 0 atom stereocenters. The van der Waals surface area contributed by atoms with E-state index in [1.807, 2.05) is 49.0 Å². The van der Waals surface area contributed by atoms with Crippen LogP contribution in [0, 0.1) is 0 Å². The summed E-state index contributed by atoms with van der Waals surface area (Å²) >= 11 is 3.50. The third-order valence-electron chi connectivity index (χ3n) is 3.22. The fourth-order valence-corrected chi connectivity index (χ4v) is 3.98. The lowest BCUT2D eigenvalue weighted by Gasteiger charge is -2.09. The van der Waals surface area contributed by atoms with Crippen LogP contribution < -0.4 is 4.74 Å². The van der Waals surface area contributed by atoms with Crippen LogP contribution in [0.2, 0.25) is 0 Å². The number of rotatable bonds is 7. The zero-order valence-electron chi connectivity index (χ0n) is 12.9. The zero-order valence-corrected chi connectivity index (χ0v) is 14.6. The second-order valence-corrected chi connectivity index (χ2v) is 6.74. The molecule has 0 amide bonds. The highest BCUT2D eigenvalue weighted by Gasteiger charge is 2.07. The first-order chi connectivity index (χ1) is 11.4. The van der Waals surface area contributed by atoms with E-state index in [1.54, 1.807) is 17.5 Å². The number of aromatic nitrogens is 2. The van der Waals surface area contributed by atoms with Crippen molar-refractivity contribution in [1.82, 2.24) is 9.97 Å². The predicted molar refractivity (Wildman–Crippen MR) is 98.0 cm³/mol. The molecule has 0 radical (unpaired) electrons. The number of hydrogen-bond donors (Lipinski definition) is 0. The van der Waals surface area contributed by atoms with Crippen molar-refractivity contribution in [3.63, 3.8) is 0 Å². The quantitative estimate of drug-likeness (QED) is 0.603. The molecule has 3 rings (SSSR count). The van der Waals surface area contributed by atoms with E-state index in [0.29, 0.717) is 6.61 Å². The number of nitrogens with zero attached hydrogens (tertiary/aromatic N) is 2. The molecule has 0 N–H and O–H groups in total. The lowest BCUT2D eigenvalue weighted by molar-refractivity contribution is 0.337. The van der Waals surface area contributed by atoms with Gasteiger partial charge in [-0.3, -0.25) is 4.98 Å². The van der Waals surface area contributed by atoms with Gasteiger partial charge in [0.05, 0.1) is 18.0 Å². The van der Waals surface area contributed by atoms with Crippen molar-refractivity contribution >= 4 is 23.1 Å². The van der Waals surface area contributed by atoms with Gasteiger partial charge in [0.1, 0.15) is 10.8 Å². The van der Waals surface area contributed by atoms with Crippen molar-refractivity contribution in [3.05, 3.63) is 65.3 Å². The minimum atomic E-state index is 0.696. The molecule has 3 aromatic rings. The van der Waals surface area contributed by atoms with Crippen molar-refractivity contribution in [1.29, 1.82) is 0 Å². The normalized spacial score (nSPS) is 10.7. The van der Waals surface area contributed by atoms with E-state index in [2.05, 4.69) is 27.5 Å². The van der Waals surface area contributed by atoms with Crippen molar-refractivity contribution in [3.8, 4) is 16.5 Å². The Bertz CT molecular complexity index is 744. The SMILES string of the molecule is CCOc1ccccc1CSCc1csc(-c2ccccn2)n1. The van der Waals surface area contributed by atoms with Crippen LogP contribution in [0.4, 0.5) is 0 Å². The Morgan fingerprint density at radius 1 is 1.09 bits per heavy atom. The van der Waals surface area contributed by atoms with Crippen molar-refractivity contribution in [2.45, 2.75) is 18.4 Å². The molecular weight excluding hydrogens is 324 g/mol. The molecule has 1 aromatic carbocycles. The molecule has 0 aliphatic heterocycles. The predicted octanol–water partition coefficient (Wildman–Crippen LogP) is 5.04. The molecule has 0 saturated carbocycles. The van der Waals surface area contributed by atoms with Crippen LogP contribution in [0.3, 0.4) is 0 Å². The van der Waals surface area contributed by atoms with E-state index in [1.165, 1.54) is 5.56 Å². The van der Waals surface area contributed by atoms with Gasteiger partial charge in [-0.2, -0.15) is 11.8 Å². The van der Waals surface area contributed by atoms with Crippen molar-refractivity contribution < 1.29 is 4.74 Å². The van der Waals surface area contributed by atoms with Crippen LogP contribution in [0.15, 0.2) is 54.0 Å². The van der Waals surface area contributed by atoms with Crippen molar-refractivity contribution in [2.75, 3.05) is 6.61 Å². The molecule has 0 aliphatic rings.